The summed E-state index contributed by atoms with van der Waals surface area (Å²) >= 11 is 0. The lowest BCUT2D eigenvalue weighted by Crippen LogP contribution is -2.35. The summed E-state index contributed by atoms with van der Waals surface area (Å²) in [7, 11) is 1.52. The van der Waals surface area contributed by atoms with Gasteiger partial charge in [-0.05, 0) is 35.9 Å². The van der Waals surface area contributed by atoms with Gasteiger partial charge in [0.05, 0.1) is 25.9 Å². The molecule has 0 saturated carbocycles. The first-order valence-corrected chi connectivity index (χ1v) is 9.13. The molecule has 0 spiro atoms. The summed E-state index contributed by atoms with van der Waals surface area (Å²) in [5.41, 5.74) is 2.22. The zero-order valence-electron chi connectivity index (χ0n) is 15.8. The second-order valence-corrected chi connectivity index (χ2v) is 6.44. The number of aldehydes is 1. The van der Waals surface area contributed by atoms with Gasteiger partial charge >= 0.3 is 0 Å². The highest BCUT2D eigenvalue weighted by Crippen LogP contribution is 2.22. The van der Waals surface area contributed by atoms with Gasteiger partial charge in [0.25, 0.3) is 5.91 Å². The Morgan fingerprint density at radius 3 is 2.61 bits per heavy atom. The Bertz CT molecular complexity index is 801. The second-order valence-electron chi connectivity index (χ2n) is 6.44. The molecule has 0 aliphatic carbocycles. The third-order valence-electron chi connectivity index (χ3n) is 4.45. The van der Waals surface area contributed by atoms with E-state index in [9.17, 15) is 9.59 Å². The number of ether oxygens (including phenoxy) is 3. The van der Waals surface area contributed by atoms with Crippen molar-refractivity contribution in [2.45, 2.75) is 6.54 Å². The molecule has 1 aliphatic rings. The standard InChI is InChI=1S/C21H24N2O5/c1-26-19-6-7-20(17(12-19)14-24)28-15-21(25)22-18-4-2-16(3-5-18)13-23-8-10-27-11-9-23/h2-7,12,14H,8-11,13,15H2,1H3,(H,22,25). The van der Waals surface area contributed by atoms with Crippen LogP contribution in [0.1, 0.15) is 15.9 Å². The van der Waals surface area contributed by atoms with Gasteiger partial charge in [0.15, 0.2) is 12.9 Å². The number of carbonyl (C=O) groups excluding carboxylic acids is 2. The van der Waals surface area contributed by atoms with Gasteiger partial charge in [0.2, 0.25) is 0 Å². The zero-order chi connectivity index (χ0) is 19.8. The fourth-order valence-electron chi connectivity index (χ4n) is 2.93. The van der Waals surface area contributed by atoms with E-state index in [0.717, 1.165) is 32.8 Å². The van der Waals surface area contributed by atoms with Gasteiger partial charge in [-0.25, -0.2) is 0 Å². The van der Waals surface area contributed by atoms with E-state index in [4.69, 9.17) is 14.2 Å². The number of nitrogens with one attached hydrogen (secondary N) is 1. The molecule has 0 atom stereocenters. The summed E-state index contributed by atoms with van der Waals surface area (Å²) in [5, 5.41) is 2.79. The SMILES string of the molecule is COc1ccc(OCC(=O)Nc2ccc(CN3CCOCC3)cc2)c(C=O)c1. The van der Waals surface area contributed by atoms with E-state index in [2.05, 4.69) is 10.2 Å². The Labute approximate surface area is 164 Å². The second kappa shape index (κ2) is 9.87. The van der Waals surface area contributed by atoms with Crippen molar-refractivity contribution in [2.75, 3.05) is 45.3 Å². The van der Waals surface area contributed by atoms with Crippen LogP contribution in [0, 0.1) is 0 Å². The molecule has 1 amide bonds. The lowest BCUT2D eigenvalue weighted by atomic mass is 10.2. The van der Waals surface area contributed by atoms with Gasteiger partial charge in [-0.2, -0.15) is 0 Å². The monoisotopic (exact) mass is 384 g/mol. The van der Waals surface area contributed by atoms with Crippen molar-refractivity contribution in [1.29, 1.82) is 0 Å². The topological polar surface area (TPSA) is 77.1 Å². The van der Waals surface area contributed by atoms with Crippen molar-refractivity contribution in [1.82, 2.24) is 4.90 Å². The number of hydrogen-bond donors (Lipinski definition) is 1. The van der Waals surface area contributed by atoms with Crippen LogP contribution in [-0.4, -0.2) is 57.1 Å². The maximum atomic E-state index is 12.1. The maximum Gasteiger partial charge on any atom is 0.262 e. The minimum absolute atomic E-state index is 0.192. The molecule has 0 unspecified atom stereocenters. The van der Waals surface area contributed by atoms with Crippen LogP contribution < -0.4 is 14.8 Å². The van der Waals surface area contributed by atoms with Crippen LogP contribution in [0.25, 0.3) is 0 Å². The summed E-state index contributed by atoms with van der Waals surface area (Å²) in [6.45, 7) is 4.09. The Hall–Kier alpha value is -2.90. The van der Waals surface area contributed by atoms with E-state index in [-0.39, 0.29) is 12.5 Å². The number of benzene rings is 2. The third kappa shape index (κ3) is 5.55. The molecular formula is C21H24N2O5. The molecule has 2 aromatic rings. The molecule has 7 heteroatoms. The first-order chi connectivity index (χ1) is 13.7. The smallest absolute Gasteiger partial charge is 0.262 e. The average molecular weight is 384 g/mol. The van der Waals surface area contributed by atoms with Crippen LogP contribution in [0.4, 0.5) is 5.69 Å². The highest BCUT2D eigenvalue weighted by Gasteiger charge is 2.11. The van der Waals surface area contributed by atoms with Crippen molar-refractivity contribution < 1.29 is 23.8 Å². The highest BCUT2D eigenvalue weighted by atomic mass is 16.5. The van der Waals surface area contributed by atoms with Crippen LogP contribution in [0.15, 0.2) is 42.5 Å². The minimum Gasteiger partial charge on any atom is -0.497 e. The van der Waals surface area contributed by atoms with Gasteiger partial charge in [-0.15, -0.1) is 0 Å². The number of hydrogen-bond acceptors (Lipinski definition) is 6. The van der Waals surface area contributed by atoms with Crippen molar-refractivity contribution >= 4 is 17.9 Å². The molecule has 1 heterocycles. The van der Waals surface area contributed by atoms with Gasteiger partial charge in [0.1, 0.15) is 11.5 Å². The van der Waals surface area contributed by atoms with Crippen molar-refractivity contribution in [3.8, 4) is 11.5 Å². The number of anilines is 1. The van der Waals surface area contributed by atoms with E-state index in [1.807, 2.05) is 24.3 Å². The lowest BCUT2D eigenvalue weighted by molar-refractivity contribution is -0.118. The predicted octanol–water partition coefficient (Wildman–Crippen LogP) is 2.36. The average Bonchev–Trinajstić information content (AvgIpc) is 2.74. The van der Waals surface area contributed by atoms with E-state index < -0.39 is 0 Å². The fraction of sp³-hybridized carbons (Fsp3) is 0.333. The predicted molar refractivity (Wildman–Crippen MR) is 105 cm³/mol. The van der Waals surface area contributed by atoms with Crippen molar-refractivity contribution in [3.63, 3.8) is 0 Å². The summed E-state index contributed by atoms with van der Waals surface area (Å²) in [4.78, 5) is 25.6. The molecule has 0 bridgehead atoms. The van der Waals surface area contributed by atoms with Gasteiger partial charge in [-0.1, -0.05) is 12.1 Å². The Kier molecular flexibility index (Phi) is 7.00. The number of morpholine rings is 1. The van der Waals surface area contributed by atoms with Crippen LogP contribution in [-0.2, 0) is 16.1 Å². The van der Waals surface area contributed by atoms with E-state index >= 15 is 0 Å². The third-order valence-corrected chi connectivity index (χ3v) is 4.45. The zero-order valence-corrected chi connectivity index (χ0v) is 15.8. The molecule has 7 nitrogen and oxygen atoms in total. The Morgan fingerprint density at radius 2 is 1.93 bits per heavy atom. The van der Waals surface area contributed by atoms with Gasteiger partial charge in [0, 0.05) is 25.3 Å². The Balaban J connectivity index is 1.50. The molecule has 28 heavy (non-hydrogen) atoms. The molecule has 1 aliphatic heterocycles. The molecule has 0 aromatic heterocycles. The molecule has 1 saturated heterocycles. The molecular weight excluding hydrogens is 360 g/mol. The summed E-state index contributed by atoms with van der Waals surface area (Å²) in [5.74, 6) is 0.594. The van der Waals surface area contributed by atoms with Crippen LogP contribution in [0.5, 0.6) is 11.5 Å². The largest absolute Gasteiger partial charge is 0.497 e. The highest BCUT2D eigenvalue weighted by molar-refractivity contribution is 5.92. The van der Waals surface area contributed by atoms with Gasteiger partial charge < -0.3 is 19.5 Å². The normalized spacial score (nSPS) is 14.3. The first kappa shape index (κ1) is 19.9. The molecule has 3 rings (SSSR count). The van der Waals surface area contributed by atoms with Crippen LogP contribution in [0.3, 0.4) is 0 Å². The van der Waals surface area contributed by atoms with Crippen molar-refractivity contribution in [3.05, 3.63) is 53.6 Å². The molecule has 0 radical (unpaired) electrons. The number of rotatable bonds is 8. The fourth-order valence-corrected chi connectivity index (χ4v) is 2.93. The lowest BCUT2D eigenvalue weighted by Gasteiger charge is -2.26. The van der Waals surface area contributed by atoms with Crippen molar-refractivity contribution in [2.24, 2.45) is 0 Å². The number of carbonyl (C=O) groups is 2. The van der Waals surface area contributed by atoms with Crippen LogP contribution in [0.2, 0.25) is 0 Å². The maximum absolute atomic E-state index is 12.1. The van der Waals surface area contributed by atoms with E-state index in [1.54, 1.807) is 18.2 Å². The summed E-state index contributed by atoms with van der Waals surface area (Å²) in [6, 6.07) is 12.6. The Morgan fingerprint density at radius 1 is 1.18 bits per heavy atom. The van der Waals surface area contributed by atoms with Gasteiger partial charge in [-0.3, -0.25) is 14.5 Å². The minimum atomic E-state index is -0.298. The first-order valence-electron chi connectivity index (χ1n) is 9.13. The van der Waals surface area contributed by atoms with E-state index in [1.165, 1.54) is 12.7 Å². The molecule has 1 fully saturated rings. The quantitative estimate of drug-likeness (QED) is 0.704. The molecule has 148 valence electrons. The number of nitrogens with zero attached hydrogens (tertiary/aromatic N) is 1. The summed E-state index contributed by atoms with van der Waals surface area (Å²) < 4.78 is 15.9. The number of methoxy groups -OCH3 is 1. The van der Waals surface area contributed by atoms with Crippen LogP contribution >= 0.6 is 0 Å². The number of amides is 1. The molecule has 1 N–H and O–H groups in total. The molecule has 2 aromatic carbocycles. The summed E-state index contributed by atoms with van der Waals surface area (Å²) in [6.07, 6.45) is 0.670. The van der Waals surface area contributed by atoms with E-state index in [0.29, 0.717) is 29.0 Å².